The molecule has 6 heteroatoms. The summed E-state index contributed by atoms with van der Waals surface area (Å²) in [6.45, 7) is 1.65. The molecule has 1 atom stereocenters. The van der Waals surface area contributed by atoms with Crippen LogP contribution in [0.1, 0.15) is 13.3 Å². The van der Waals surface area contributed by atoms with Gasteiger partial charge in [-0.1, -0.05) is 6.92 Å². The van der Waals surface area contributed by atoms with Gasteiger partial charge in [0.25, 0.3) is 0 Å². The van der Waals surface area contributed by atoms with Crippen molar-refractivity contribution < 1.29 is 18.0 Å². The van der Waals surface area contributed by atoms with Gasteiger partial charge in [-0.3, -0.25) is 4.79 Å². The topological polar surface area (TPSA) is 55.1 Å². The third kappa shape index (κ3) is 2.73. The van der Waals surface area contributed by atoms with E-state index >= 15 is 0 Å². The maximum Gasteiger partial charge on any atom is 0.241 e. The van der Waals surface area contributed by atoms with Gasteiger partial charge >= 0.3 is 0 Å². The monoisotopic (exact) mass is 232 g/mol. The molecule has 0 aliphatic heterocycles. The summed E-state index contributed by atoms with van der Waals surface area (Å²) >= 11 is 0. The van der Waals surface area contributed by atoms with Crippen molar-refractivity contribution in [1.82, 2.24) is 0 Å². The van der Waals surface area contributed by atoms with Gasteiger partial charge in [0, 0.05) is 12.1 Å². The lowest BCUT2D eigenvalue weighted by Gasteiger charge is -2.11. The lowest BCUT2D eigenvalue weighted by molar-refractivity contribution is -0.117. The van der Waals surface area contributed by atoms with Gasteiger partial charge in [-0.05, 0) is 6.42 Å². The molecule has 3 N–H and O–H groups in total. The Kier molecular flexibility index (Phi) is 3.89. The molecule has 0 saturated heterocycles. The fraction of sp³-hybridized carbons (Fsp3) is 0.300. The number of carbonyl (C=O) groups is 1. The second-order valence-electron chi connectivity index (χ2n) is 3.25. The highest BCUT2D eigenvalue weighted by atomic mass is 19.1. The van der Waals surface area contributed by atoms with Gasteiger partial charge in [0.1, 0.15) is 11.5 Å². The zero-order valence-electron chi connectivity index (χ0n) is 8.56. The highest BCUT2D eigenvalue weighted by Crippen LogP contribution is 2.20. The summed E-state index contributed by atoms with van der Waals surface area (Å²) in [6, 6.07) is 0.107. The summed E-state index contributed by atoms with van der Waals surface area (Å²) in [4.78, 5) is 11.3. The molecule has 88 valence electrons. The predicted molar refractivity (Wildman–Crippen MR) is 53.2 cm³/mol. The fourth-order valence-corrected chi connectivity index (χ4v) is 1.06. The average Bonchev–Trinajstić information content (AvgIpc) is 2.21. The predicted octanol–water partition coefficient (Wildman–Crippen LogP) is 1.78. The normalized spacial score (nSPS) is 12.3. The van der Waals surface area contributed by atoms with Crippen LogP contribution < -0.4 is 11.1 Å². The second-order valence-corrected chi connectivity index (χ2v) is 3.25. The molecule has 0 aliphatic carbocycles. The minimum Gasteiger partial charge on any atom is -0.320 e. The summed E-state index contributed by atoms with van der Waals surface area (Å²) in [5.74, 6) is -4.11. The second kappa shape index (κ2) is 4.98. The van der Waals surface area contributed by atoms with E-state index in [4.69, 9.17) is 5.73 Å². The van der Waals surface area contributed by atoms with Crippen LogP contribution in [0.15, 0.2) is 12.1 Å². The van der Waals surface area contributed by atoms with Gasteiger partial charge in [0.05, 0.1) is 6.04 Å². The summed E-state index contributed by atoms with van der Waals surface area (Å²) in [7, 11) is 0. The van der Waals surface area contributed by atoms with Crippen molar-refractivity contribution in [2.75, 3.05) is 5.32 Å². The molecule has 0 bridgehead atoms. The van der Waals surface area contributed by atoms with E-state index in [2.05, 4.69) is 0 Å². The molecular formula is C10H11F3N2O. The number of amides is 1. The minimum atomic E-state index is -1.17. The number of anilines is 1. The first-order valence-corrected chi connectivity index (χ1v) is 4.66. The van der Waals surface area contributed by atoms with Crippen LogP contribution in [-0.4, -0.2) is 11.9 Å². The molecule has 16 heavy (non-hydrogen) atoms. The van der Waals surface area contributed by atoms with Crippen molar-refractivity contribution >= 4 is 11.6 Å². The van der Waals surface area contributed by atoms with Crippen LogP contribution in [0.2, 0.25) is 0 Å². The Bertz CT molecular complexity index is 386. The van der Waals surface area contributed by atoms with Gasteiger partial charge in [0.15, 0.2) is 11.6 Å². The van der Waals surface area contributed by atoms with Crippen LogP contribution in [0, 0.1) is 17.5 Å². The van der Waals surface area contributed by atoms with Crippen LogP contribution in [-0.2, 0) is 4.79 Å². The molecule has 0 aromatic heterocycles. The van der Waals surface area contributed by atoms with E-state index in [9.17, 15) is 18.0 Å². The number of nitrogens with two attached hydrogens (primary N) is 1. The third-order valence-electron chi connectivity index (χ3n) is 2.03. The minimum absolute atomic E-state index is 0.330. The Morgan fingerprint density at radius 2 is 1.88 bits per heavy atom. The van der Waals surface area contributed by atoms with Gasteiger partial charge < -0.3 is 11.1 Å². The zero-order valence-corrected chi connectivity index (χ0v) is 8.56. The Morgan fingerprint density at radius 1 is 1.38 bits per heavy atom. The molecule has 1 amide bonds. The van der Waals surface area contributed by atoms with Crippen LogP contribution in [0.3, 0.4) is 0 Å². The molecule has 1 rings (SSSR count). The molecule has 3 nitrogen and oxygen atoms in total. The maximum atomic E-state index is 13.1. The van der Waals surface area contributed by atoms with E-state index in [0.717, 1.165) is 0 Å². The summed E-state index contributed by atoms with van der Waals surface area (Å²) in [5.41, 5.74) is 4.68. The molecule has 1 aromatic carbocycles. The number of carbonyl (C=O) groups excluding carboxylic acids is 1. The molecule has 0 spiro atoms. The smallest absolute Gasteiger partial charge is 0.241 e. The molecule has 0 aliphatic rings. The van der Waals surface area contributed by atoms with Crippen LogP contribution >= 0.6 is 0 Å². The first kappa shape index (κ1) is 12.5. The van der Waals surface area contributed by atoms with Crippen LogP contribution in [0.4, 0.5) is 18.9 Å². The average molecular weight is 232 g/mol. The number of hydrogen-bond donors (Lipinski definition) is 2. The largest absolute Gasteiger partial charge is 0.320 e. The van der Waals surface area contributed by atoms with Crippen molar-refractivity contribution in [1.29, 1.82) is 0 Å². The van der Waals surface area contributed by atoms with Gasteiger partial charge in [-0.2, -0.15) is 0 Å². The quantitative estimate of drug-likeness (QED) is 0.834. The van der Waals surface area contributed by atoms with Crippen molar-refractivity contribution in [3.63, 3.8) is 0 Å². The van der Waals surface area contributed by atoms with E-state index in [1.807, 2.05) is 5.32 Å². The molecule has 1 aromatic rings. The Morgan fingerprint density at radius 3 is 2.31 bits per heavy atom. The number of benzene rings is 1. The van der Waals surface area contributed by atoms with Gasteiger partial charge in [0.2, 0.25) is 5.91 Å². The fourth-order valence-electron chi connectivity index (χ4n) is 1.06. The number of hydrogen-bond acceptors (Lipinski definition) is 2. The van der Waals surface area contributed by atoms with Crippen LogP contribution in [0.25, 0.3) is 0 Å². The Balaban J connectivity index is 2.93. The van der Waals surface area contributed by atoms with E-state index in [1.54, 1.807) is 6.92 Å². The lowest BCUT2D eigenvalue weighted by atomic mass is 10.2. The molecular weight excluding hydrogens is 221 g/mol. The van der Waals surface area contributed by atoms with Crippen molar-refractivity contribution in [2.24, 2.45) is 5.73 Å². The van der Waals surface area contributed by atoms with E-state index in [1.165, 1.54) is 0 Å². The van der Waals surface area contributed by atoms with Gasteiger partial charge in [-0.25, -0.2) is 13.2 Å². The lowest BCUT2D eigenvalue weighted by Crippen LogP contribution is -2.35. The summed E-state index contributed by atoms with van der Waals surface area (Å²) in [5, 5.41) is 1.98. The number of halogens is 3. The number of nitrogens with one attached hydrogen (secondary N) is 1. The first-order chi connectivity index (χ1) is 7.45. The maximum absolute atomic E-state index is 13.1. The third-order valence-corrected chi connectivity index (χ3v) is 2.03. The van der Waals surface area contributed by atoms with Crippen LogP contribution in [0.5, 0.6) is 0 Å². The molecule has 0 heterocycles. The van der Waals surface area contributed by atoms with E-state index in [0.29, 0.717) is 18.6 Å². The number of rotatable bonds is 3. The van der Waals surface area contributed by atoms with Gasteiger partial charge in [-0.15, -0.1) is 0 Å². The standard InChI is InChI=1S/C10H11F3N2O/c1-2-8(14)10(16)15-9-6(12)3-5(11)4-7(9)13/h3-4,8H,2,14H2,1H3,(H,15,16)/t8-/m1/s1. The van der Waals surface area contributed by atoms with E-state index < -0.39 is 35.1 Å². The first-order valence-electron chi connectivity index (χ1n) is 4.66. The molecule has 0 fully saturated rings. The summed E-state index contributed by atoms with van der Waals surface area (Å²) < 4.78 is 38.8. The van der Waals surface area contributed by atoms with Crippen molar-refractivity contribution in [3.8, 4) is 0 Å². The van der Waals surface area contributed by atoms with E-state index in [-0.39, 0.29) is 0 Å². The van der Waals surface area contributed by atoms with Crippen molar-refractivity contribution in [3.05, 3.63) is 29.6 Å². The SMILES string of the molecule is CC[C@@H](N)C(=O)Nc1c(F)cc(F)cc1F. The zero-order chi connectivity index (χ0) is 12.3. The summed E-state index contributed by atoms with van der Waals surface area (Å²) in [6.07, 6.45) is 0.330. The highest BCUT2D eigenvalue weighted by Gasteiger charge is 2.17. The molecule has 0 unspecified atom stereocenters. The molecule has 0 radical (unpaired) electrons. The van der Waals surface area contributed by atoms with Crippen molar-refractivity contribution in [2.45, 2.75) is 19.4 Å². The Labute approximate surface area is 90.4 Å². The highest BCUT2D eigenvalue weighted by molar-refractivity contribution is 5.94. The Hall–Kier alpha value is -1.56. The molecule has 0 saturated carbocycles.